The second-order valence-electron chi connectivity index (χ2n) is 6.01. The number of ketones is 1. The second-order valence-corrected chi connectivity index (χ2v) is 6.01. The summed E-state index contributed by atoms with van der Waals surface area (Å²) in [6.45, 7) is 8.18. The third kappa shape index (κ3) is 3.21. The van der Waals surface area contributed by atoms with Crippen LogP contribution >= 0.6 is 0 Å². The van der Waals surface area contributed by atoms with Gasteiger partial charge in [0.05, 0.1) is 7.11 Å². The minimum absolute atomic E-state index is 0.107. The molecule has 3 nitrogen and oxygen atoms in total. The summed E-state index contributed by atoms with van der Waals surface area (Å²) in [5.74, 6) is 1.65. The fraction of sp³-hybridized carbons (Fsp3) is 0.588. The Balaban J connectivity index is 2.23. The largest absolute Gasteiger partial charge is 0.496 e. The van der Waals surface area contributed by atoms with Gasteiger partial charge in [-0.3, -0.25) is 9.69 Å². The summed E-state index contributed by atoms with van der Waals surface area (Å²) in [6.07, 6.45) is 2.53. The molecule has 0 aromatic heterocycles. The molecule has 3 heteroatoms. The van der Waals surface area contributed by atoms with E-state index in [0.29, 0.717) is 12.0 Å². The predicted octanol–water partition coefficient (Wildman–Crippen LogP) is 3.52. The zero-order valence-electron chi connectivity index (χ0n) is 13.0. The van der Waals surface area contributed by atoms with Crippen LogP contribution in [0, 0.1) is 5.92 Å². The van der Waals surface area contributed by atoms with Crippen molar-refractivity contribution in [2.45, 2.75) is 46.2 Å². The SMILES string of the molecule is COc1ccc(C(C)=O)cc1CN1CCCC1C(C)C. The zero-order valence-corrected chi connectivity index (χ0v) is 13.0. The molecule has 1 fully saturated rings. The van der Waals surface area contributed by atoms with Gasteiger partial charge in [-0.1, -0.05) is 13.8 Å². The Kier molecular flexibility index (Phi) is 4.81. The predicted molar refractivity (Wildman–Crippen MR) is 81.3 cm³/mol. The Bertz CT molecular complexity index is 482. The normalized spacial score (nSPS) is 19.6. The minimum Gasteiger partial charge on any atom is -0.496 e. The van der Waals surface area contributed by atoms with Crippen LogP contribution < -0.4 is 4.74 Å². The standard InChI is InChI=1S/C17H25NO2/c1-12(2)16-6-5-9-18(16)11-15-10-14(13(3)19)7-8-17(15)20-4/h7-8,10,12,16H,5-6,9,11H2,1-4H3. The van der Waals surface area contributed by atoms with Crippen molar-refractivity contribution < 1.29 is 9.53 Å². The average Bonchev–Trinajstić information content (AvgIpc) is 2.87. The molecular formula is C17H25NO2. The van der Waals surface area contributed by atoms with Gasteiger partial charge in [0.1, 0.15) is 5.75 Å². The van der Waals surface area contributed by atoms with Gasteiger partial charge in [0.2, 0.25) is 0 Å². The van der Waals surface area contributed by atoms with Crippen LogP contribution in [0.15, 0.2) is 18.2 Å². The van der Waals surface area contributed by atoms with E-state index < -0.39 is 0 Å². The van der Waals surface area contributed by atoms with Crippen molar-refractivity contribution in [3.63, 3.8) is 0 Å². The van der Waals surface area contributed by atoms with E-state index in [1.807, 2.05) is 18.2 Å². The van der Waals surface area contributed by atoms with Crippen molar-refractivity contribution in [2.24, 2.45) is 5.92 Å². The molecule has 1 aliphatic heterocycles. The first-order valence-corrected chi connectivity index (χ1v) is 7.45. The third-order valence-electron chi connectivity index (χ3n) is 4.24. The van der Waals surface area contributed by atoms with Crippen LogP contribution in [-0.2, 0) is 6.54 Å². The number of carbonyl (C=O) groups is 1. The van der Waals surface area contributed by atoms with E-state index in [9.17, 15) is 4.79 Å². The molecular weight excluding hydrogens is 250 g/mol. The maximum absolute atomic E-state index is 11.6. The van der Waals surface area contributed by atoms with Crippen LogP contribution in [0.1, 0.15) is 49.5 Å². The smallest absolute Gasteiger partial charge is 0.159 e. The molecule has 0 radical (unpaired) electrons. The van der Waals surface area contributed by atoms with E-state index >= 15 is 0 Å². The van der Waals surface area contributed by atoms with Crippen LogP contribution in [0.4, 0.5) is 0 Å². The van der Waals surface area contributed by atoms with Gasteiger partial charge in [-0.05, 0) is 50.4 Å². The molecule has 1 unspecified atom stereocenters. The fourth-order valence-corrected chi connectivity index (χ4v) is 3.14. The first kappa shape index (κ1) is 15.0. The molecule has 1 aromatic carbocycles. The average molecular weight is 275 g/mol. The maximum Gasteiger partial charge on any atom is 0.159 e. The Morgan fingerprint density at radius 1 is 1.45 bits per heavy atom. The lowest BCUT2D eigenvalue weighted by atomic mass is 10.0. The Labute approximate surface area is 121 Å². The van der Waals surface area contributed by atoms with Gasteiger partial charge in [-0.25, -0.2) is 0 Å². The van der Waals surface area contributed by atoms with Gasteiger partial charge in [0.25, 0.3) is 0 Å². The number of nitrogens with zero attached hydrogens (tertiary/aromatic N) is 1. The van der Waals surface area contributed by atoms with Gasteiger partial charge >= 0.3 is 0 Å². The molecule has 2 rings (SSSR count). The number of hydrogen-bond acceptors (Lipinski definition) is 3. The summed E-state index contributed by atoms with van der Waals surface area (Å²) >= 11 is 0. The van der Waals surface area contributed by atoms with Crippen LogP contribution in [0.5, 0.6) is 5.75 Å². The quantitative estimate of drug-likeness (QED) is 0.770. The molecule has 1 aliphatic rings. The summed E-state index contributed by atoms with van der Waals surface area (Å²) in [4.78, 5) is 14.1. The summed E-state index contributed by atoms with van der Waals surface area (Å²) < 4.78 is 5.45. The van der Waals surface area contributed by atoms with Crippen LogP contribution in [-0.4, -0.2) is 30.4 Å². The number of hydrogen-bond donors (Lipinski definition) is 0. The highest BCUT2D eigenvalue weighted by Crippen LogP contribution is 2.29. The molecule has 0 N–H and O–H groups in total. The van der Waals surface area contributed by atoms with Crippen molar-refractivity contribution in [1.82, 2.24) is 4.90 Å². The van der Waals surface area contributed by atoms with Gasteiger partial charge in [0.15, 0.2) is 5.78 Å². The number of carbonyl (C=O) groups excluding carboxylic acids is 1. The Morgan fingerprint density at radius 3 is 2.80 bits per heavy atom. The zero-order chi connectivity index (χ0) is 14.7. The molecule has 1 saturated heterocycles. The Hall–Kier alpha value is -1.35. The van der Waals surface area contributed by atoms with E-state index in [0.717, 1.165) is 30.0 Å². The van der Waals surface area contributed by atoms with Gasteiger partial charge in [-0.2, -0.15) is 0 Å². The third-order valence-corrected chi connectivity index (χ3v) is 4.24. The van der Waals surface area contributed by atoms with Crippen molar-refractivity contribution in [2.75, 3.05) is 13.7 Å². The van der Waals surface area contributed by atoms with E-state index in [1.54, 1.807) is 14.0 Å². The molecule has 20 heavy (non-hydrogen) atoms. The van der Waals surface area contributed by atoms with Crippen molar-refractivity contribution >= 4 is 5.78 Å². The van der Waals surface area contributed by atoms with E-state index in [1.165, 1.54) is 12.8 Å². The number of rotatable bonds is 5. The lowest BCUT2D eigenvalue weighted by Gasteiger charge is -2.28. The second kappa shape index (κ2) is 6.40. The lowest BCUT2D eigenvalue weighted by molar-refractivity contribution is 0.101. The number of Topliss-reactive ketones (excluding diaryl/α,β-unsaturated/α-hetero) is 1. The molecule has 0 amide bonds. The molecule has 0 aliphatic carbocycles. The number of ether oxygens (including phenoxy) is 1. The highest BCUT2D eigenvalue weighted by molar-refractivity contribution is 5.94. The first-order chi connectivity index (χ1) is 9.52. The molecule has 0 spiro atoms. The van der Waals surface area contributed by atoms with Gasteiger partial charge in [-0.15, -0.1) is 0 Å². The van der Waals surface area contributed by atoms with E-state index in [-0.39, 0.29) is 5.78 Å². The lowest BCUT2D eigenvalue weighted by Crippen LogP contribution is -2.33. The highest BCUT2D eigenvalue weighted by Gasteiger charge is 2.27. The highest BCUT2D eigenvalue weighted by atomic mass is 16.5. The summed E-state index contributed by atoms with van der Waals surface area (Å²) in [6, 6.07) is 6.37. The fourth-order valence-electron chi connectivity index (χ4n) is 3.14. The van der Waals surface area contributed by atoms with E-state index in [4.69, 9.17) is 4.74 Å². The number of methoxy groups -OCH3 is 1. The monoisotopic (exact) mass is 275 g/mol. The van der Waals surface area contributed by atoms with E-state index in [2.05, 4.69) is 18.7 Å². The number of benzene rings is 1. The van der Waals surface area contributed by atoms with Crippen molar-refractivity contribution in [3.05, 3.63) is 29.3 Å². The summed E-state index contributed by atoms with van der Waals surface area (Å²) in [7, 11) is 1.69. The van der Waals surface area contributed by atoms with Crippen LogP contribution in [0.3, 0.4) is 0 Å². The summed E-state index contributed by atoms with van der Waals surface area (Å²) in [5.41, 5.74) is 1.88. The molecule has 0 saturated carbocycles. The van der Waals surface area contributed by atoms with Crippen LogP contribution in [0.25, 0.3) is 0 Å². The number of likely N-dealkylation sites (tertiary alicyclic amines) is 1. The first-order valence-electron chi connectivity index (χ1n) is 7.45. The van der Waals surface area contributed by atoms with Gasteiger partial charge < -0.3 is 4.74 Å². The topological polar surface area (TPSA) is 29.5 Å². The molecule has 1 atom stereocenters. The maximum atomic E-state index is 11.6. The molecule has 110 valence electrons. The molecule has 1 aromatic rings. The Morgan fingerprint density at radius 2 is 2.20 bits per heavy atom. The molecule has 1 heterocycles. The molecule has 0 bridgehead atoms. The minimum atomic E-state index is 0.107. The van der Waals surface area contributed by atoms with Crippen molar-refractivity contribution in [1.29, 1.82) is 0 Å². The summed E-state index contributed by atoms with van der Waals surface area (Å²) in [5, 5.41) is 0. The van der Waals surface area contributed by atoms with Crippen molar-refractivity contribution in [3.8, 4) is 5.75 Å². The van der Waals surface area contributed by atoms with Crippen LogP contribution in [0.2, 0.25) is 0 Å². The van der Waals surface area contributed by atoms with Gasteiger partial charge in [0, 0.05) is 23.7 Å².